The SMILES string of the molecule is CCCC(C)(NCCOC)C(N)=O. The predicted octanol–water partition coefficient (Wildman–Crippen LogP) is 0.267. The topological polar surface area (TPSA) is 64.3 Å². The summed E-state index contributed by atoms with van der Waals surface area (Å²) in [4.78, 5) is 11.1. The maximum absolute atomic E-state index is 11.1. The molecule has 0 heterocycles. The van der Waals surface area contributed by atoms with Gasteiger partial charge in [-0.2, -0.15) is 0 Å². The second-order valence-electron chi connectivity index (χ2n) is 3.37. The molecule has 0 aliphatic carbocycles. The van der Waals surface area contributed by atoms with Crippen LogP contribution in [0.2, 0.25) is 0 Å². The summed E-state index contributed by atoms with van der Waals surface area (Å²) in [5.41, 5.74) is 4.71. The number of amides is 1. The quantitative estimate of drug-likeness (QED) is 0.563. The van der Waals surface area contributed by atoms with Crippen LogP contribution < -0.4 is 11.1 Å². The summed E-state index contributed by atoms with van der Waals surface area (Å²) in [5.74, 6) is -0.301. The van der Waals surface area contributed by atoms with E-state index in [1.165, 1.54) is 0 Å². The van der Waals surface area contributed by atoms with Crippen molar-refractivity contribution in [3.8, 4) is 0 Å². The van der Waals surface area contributed by atoms with Crippen LogP contribution in [-0.4, -0.2) is 31.7 Å². The van der Waals surface area contributed by atoms with Crippen molar-refractivity contribution in [2.45, 2.75) is 32.2 Å². The number of carbonyl (C=O) groups is 1. The van der Waals surface area contributed by atoms with E-state index < -0.39 is 5.54 Å². The first-order chi connectivity index (χ1) is 6.06. The van der Waals surface area contributed by atoms with Gasteiger partial charge in [0.15, 0.2) is 0 Å². The third-order valence-corrected chi connectivity index (χ3v) is 2.12. The maximum Gasteiger partial charge on any atom is 0.237 e. The van der Waals surface area contributed by atoms with Crippen LogP contribution in [0.25, 0.3) is 0 Å². The second kappa shape index (κ2) is 5.94. The first-order valence-electron chi connectivity index (χ1n) is 4.60. The minimum Gasteiger partial charge on any atom is -0.383 e. The zero-order chi connectivity index (χ0) is 10.3. The van der Waals surface area contributed by atoms with Crippen LogP contribution in [-0.2, 0) is 9.53 Å². The lowest BCUT2D eigenvalue weighted by Gasteiger charge is -2.26. The van der Waals surface area contributed by atoms with Gasteiger partial charge in [-0.05, 0) is 13.3 Å². The maximum atomic E-state index is 11.1. The number of hydrogen-bond donors (Lipinski definition) is 2. The third-order valence-electron chi connectivity index (χ3n) is 2.12. The van der Waals surface area contributed by atoms with Crippen LogP contribution in [0, 0.1) is 0 Å². The standard InChI is InChI=1S/C9H20N2O2/c1-4-5-9(2,8(10)12)11-6-7-13-3/h11H,4-7H2,1-3H3,(H2,10,12). The molecule has 0 aromatic rings. The first-order valence-corrected chi connectivity index (χ1v) is 4.60. The van der Waals surface area contributed by atoms with Gasteiger partial charge in [-0.3, -0.25) is 4.79 Å². The molecule has 0 bridgehead atoms. The van der Waals surface area contributed by atoms with Crippen molar-refractivity contribution in [3.05, 3.63) is 0 Å². The summed E-state index contributed by atoms with van der Waals surface area (Å²) < 4.78 is 4.88. The number of ether oxygens (including phenoxy) is 1. The van der Waals surface area contributed by atoms with Crippen molar-refractivity contribution in [1.82, 2.24) is 5.32 Å². The smallest absolute Gasteiger partial charge is 0.237 e. The largest absolute Gasteiger partial charge is 0.383 e. The van der Waals surface area contributed by atoms with Crippen molar-refractivity contribution in [2.24, 2.45) is 5.73 Å². The Kier molecular flexibility index (Phi) is 5.66. The lowest BCUT2D eigenvalue weighted by atomic mass is 9.95. The Morgan fingerprint density at radius 3 is 2.62 bits per heavy atom. The fourth-order valence-corrected chi connectivity index (χ4v) is 1.23. The van der Waals surface area contributed by atoms with Gasteiger partial charge in [-0.15, -0.1) is 0 Å². The molecule has 0 radical (unpaired) electrons. The van der Waals surface area contributed by atoms with Gasteiger partial charge >= 0.3 is 0 Å². The van der Waals surface area contributed by atoms with E-state index >= 15 is 0 Å². The lowest BCUT2D eigenvalue weighted by molar-refractivity contribution is -0.124. The van der Waals surface area contributed by atoms with Crippen LogP contribution in [0.5, 0.6) is 0 Å². The molecule has 0 rings (SSSR count). The van der Waals surface area contributed by atoms with Gasteiger partial charge in [-0.1, -0.05) is 13.3 Å². The Balaban J connectivity index is 4.00. The molecule has 0 aliphatic rings. The third kappa shape index (κ3) is 4.24. The molecule has 3 N–H and O–H groups in total. The van der Waals surface area contributed by atoms with E-state index in [9.17, 15) is 4.79 Å². The molecule has 0 spiro atoms. The average molecular weight is 188 g/mol. The first kappa shape index (κ1) is 12.4. The van der Waals surface area contributed by atoms with E-state index in [1.54, 1.807) is 7.11 Å². The molecule has 4 nitrogen and oxygen atoms in total. The molecule has 4 heteroatoms. The highest BCUT2D eigenvalue weighted by atomic mass is 16.5. The molecule has 1 amide bonds. The molecule has 13 heavy (non-hydrogen) atoms. The van der Waals surface area contributed by atoms with Crippen molar-refractivity contribution >= 4 is 5.91 Å². The van der Waals surface area contributed by atoms with Crippen molar-refractivity contribution in [1.29, 1.82) is 0 Å². The second-order valence-corrected chi connectivity index (χ2v) is 3.37. The summed E-state index contributed by atoms with van der Waals surface area (Å²) in [6, 6.07) is 0. The Bertz CT molecular complexity index is 162. The van der Waals surface area contributed by atoms with Gasteiger partial charge in [0, 0.05) is 13.7 Å². The lowest BCUT2D eigenvalue weighted by Crippen LogP contribution is -2.53. The van der Waals surface area contributed by atoms with E-state index in [-0.39, 0.29) is 5.91 Å². The summed E-state index contributed by atoms with van der Waals surface area (Å²) in [6.07, 6.45) is 1.69. The molecule has 1 atom stereocenters. The van der Waals surface area contributed by atoms with Gasteiger partial charge in [-0.25, -0.2) is 0 Å². The molecule has 0 aliphatic heterocycles. The average Bonchev–Trinajstić information content (AvgIpc) is 2.05. The summed E-state index contributed by atoms with van der Waals surface area (Å²) in [6.45, 7) is 5.09. The fraction of sp³-hybridized carbons (Fsp3) is 0.889. The van der Waals surface area contributed by atoms with Crippen LogP contribution in [0.3, 0.4) is 0 Å². The van der Waals surface area contributed by atoms with Gasteiger partial charge in [0.1, 0.15) is 0 Å². The molecule has 0 aromatic heterocycles. The number of rotatable bonds is 7. The summed E-state index contributed by atoms with van der Waals surface area (Å²) >= 11 is 0. The highest BCUT2D eigenvalue weighted by molar-refractivity contribution is 5.84. The zero-order valence-electron chi connectivity index (χ0n) is 8.72. The minimum absolute atomic E-state index is 0.301. The Hall–Kier alpha value is -0.610. The molecule has 0 saturated carbocycles. The molecule has 0 fully saturated rings. The van der Waals surface area contributed by atoms with E-state index in [0.29, 0.717) is 13.2 Å². The normalized spacial score (nSPS) is 15.3. The monoisotopic (exact) mass is 188 g/mol. The predicted molar refractivity (Wildman–Crippen MR) is 52.4 cm³/mol. The number of nitrogens with two attached hydrogens (primary N) is 1. The van der Waals surface area contributed by atoms with Gasteiger partial charge in [0.2, 0.25) is 5.91 Å². The minimum atomic E-state index is -0.590. The summed E-state index contributed by atoms with van der Waals surface area (Å²) in [5, 5.41) is 3.10. The number of hydrogen-bond acceptors (Lipinski definition) is 3. The molecule has 0 aromatic carbocycles. The molecule has 78 valence electrons. The van der Waals surface area contributed by atoms with Gasteiger partial charge in [0.05, 0.1) is 12.1 Å². The van der Waals surface area contributed by atoms with E-state index in [4.69, 9.17) is 10.5 Å². The van der Waals surface area contributed by atoms with Crippen LogP contribution in [0.1, 0.15) is 26.7 Å². The van der Waals surface area contributed by atoms with E-state index in [0.717, 1.165) is 12.8 Å². The highest BCUT2D eigenvalue weighted by Gasteiger charge is 2.28. The molecule has 1 unspecified atom stereocenters. The Labute approximate surface area is 79.8 Å². The Morgan fingerprint density at radius 2 is 2.23 bits per heavy atom. The number of methoxy groups -OCH3 is 1. The van der Waals surface area contributed by atoms with Crippen LogP contribution in [0.4, 0.5) is 0 Å². The van der Waals surface area contributed by atoms with Gasteiger partial charge in [0.25, 0.3) is 0 Å². The number of primary amides is 1. The fourth-order valence-electron chi connectivity index (χ4n) is 1.23. The van der Waals surface area contributed by atoms with Crippen LogP contribution >= 0.6 is 0 Å². The van der Waals surface area contributed by atoms with Crippen molar-refractivity contribution in [2.75, 3.05) is 20.3 Å². The van der Waals surface area contributed by atoms with Gasteiger partial charge < -0.3 is 15.8 Å². The van der Waals surface area contributed by atoms with Crippen LogP contribution in [0.15, 0.2) is 0 Å². The highest BCUT2D eigenvalue weighted by Crippen LogP contribution is 2.10. The van der Waals surface area contributed by atoms with E-state index in [2.05, 4.69) is 5.32 Å². The Morgan fingerprint density at radius 1 is 1.62 bits per heavy atom. The van der Waals surface area contributed by atoms with Crippen molar-refractivity contribution < 1.29 is 9.53 Å². The molecule has 0 saturated heterocycles. The van der Waals surface area contributed by atoms with Crippen molar-refractivity contribution in [3.63, 3.8) is 0 Å². The number of nitrogens with one attached hydrogen (secondary N) is 1. The zero-order valence-corrected chi connectivity index (χ0v) is 8.72. The molecular formula is C9H20N2O2. The molecular weight excluding hydrogens is 168 g/mol. The number of carbonyl (C=O) groups excluding carboxylic acids is 1. The van der Waals surface area contributed by atoms with E-state index in [1.807, 2.05) is 13.8 Å². The summed E-state index contributed by atoms with van der Waals surface area (Å²) in [7, 11) is 1.63.